The average molecular weight is 446 g/mol. The number of thiocarbonyl (C=S) groups is 1. The van der Waals surface area contributed by atoms with Crippen LogP contribution >= 0.6 is 28.1 Å². The summed E-state index contributed by atoms with van der Waals surface area (Å²) in [5.41, 5.74) is 7.86. The summed E-state index contributed by atoms with van der Waals surface area (Å²) in [5.74, 6) is 0.0867. The molecule has 0 aliphatic heterocycles. The molecule has 0 saturated heterocycles. The summed E-state index contributed by atoms with van der Waals surface area (Å²) in [4.78, 5) is 13.2. The van der Waals surface area contributed by atoms with Crippen LogP contribution in [0.15, 0.2) is 53.0 Å². The summed E-state index contributed by atoms with van der Waals surface area (Å²) in [5, 5.41) is 15.3. The number of para-hydroxylation sites is 1. The second-order valence-corrected chi connectivity index (χ2v) is 6.92. The van der Waals surface area contributed by atoms with Gasteiger partial charge in [-0.3, -0.25) is 15.6 Å². The molecule has 0 atom stereocenters. The minimum Gasteiger partial charge on any atom is -0.331 e. The molecule has 0 saturated carbocycles. The molecule has 0 radical (unpaired) electrons. The number of hydrazine groups is 1. The number of carbonyl (C=O) groups excluding carboxylic acids is 1. The third-order valence-electron chi connectivity index (χ3n) is 3.55. The van der Waals surface area contributed by atoms with Gasteiger partial charge in [0.15, 0.2) is 5.11 Å². The number of rotatable bonds is 4. The highest BCUT2D eigenvalue weighted by atomic mass is 79.9. The molecule has 1 amide bonds. The van der Waals surface area contributed by atoms with E-state index in [9.17, 15) is 4.79 Å². The summed E-state index contributed by atoms with van der Waals surface area (Å²) in [6.07, 6.45) is 0. The summed E-state index contributed by atoms with van der Waals surface area (Å²) in [6, 6.07) is 15.2. The minimum absolute atomic E-state index is 0.0937. The van der Waals surface area contributed by atoms with Crippen LogP contribution in [0, 0.1) is 6.92 Å². The van der Waals surface area contributed by atoms with E-state index in [0.717, 1.165) is 21.3 Å². The number of nitrogens with one attached hydrogen (secondary N) is 3. The Labute approximate surface area is 169 Å². The highest BCUT2D eigenvalue weighted by Gasteiger charge is 2.10. The van der Waals surface area contributed by atoms with E-state index in [2.05, 4.69) is 47.5 Å². The number of amides is 1. The average Bonchev–Trinajstić information content (AvgIpc) is 3.11. The Hall–Kier alpha value is -2.85. The fraction of sp³-hybridized carbons (Fsp3) is 0.118. The van der Waals surface area contributed by atoms with E-state index < -0.39 is 0 Å². The SMILES string of the molecule is Cc1ccccc1NC(=S)NNC(=O)Cn1nnc(-c2ccc(Br)cc2)n1. The Morgan fingerprint density at radius 1 is 1.15 bits per heavy atom. The Balaban J connectivity index is 1.50. The monoisotopic (exact) mass is 445 g/mol. The van der Waals surface area contributed by atoms with Gasteiger partial charge in [0.1, 0.15) is 6.54 Å². The number of benzene rings is 2. The summed E-state index contributed by atoms with van der Waals surface area (Å²) >= 11 is 8.54. The van der Waals surface area contributed by atoms with Gasteiger partial charge in [-0.25, -0.2) is 0 Å². The van der Waals surface area contributed by atoms with Crippen LogP contribution in [-0.2, 0) is 11.3 Å². The van der Waals surface area contributed by atoms with Gasteiger partial charge in [0.2, 0.25) is 5.82 Å². The van der Waals surface area contributed by atoms with Gasteiger partial charge >= 0.3 is 0 Å². The highest BCUT2D eigenvalue weighted by Crippen LogP contribution is 2.17. The first kappa shape index (κ1) is 18.9. The van der Waals surface area contributed by atoms with E-state index in [-0.39, 0.29) is 17.6 Å². The first-order valence-corrected chi connectivity index (χ1v) is 9.16. The summed E-state index contributed by atoms with van der Waals surface area (Å²) in [6.45, 7) is 1.87. The fourth-order valence-electron chi connectivity index (χ4n) is 2.19. The zero-order chi connectivity index (χ0) is 19.2. The van der Waals surface area contributed by atoms with E-state index in [4.69, 9.17) is 12.2 Å². The lowest BCUT2D eigenvalue weighted by Gasteiger charge is -2.12. The van der Waals surface area contributed by atoms with Crippen molar-refractivity contribution in [3.05, 3.63) is 58.6 Å². The predicted octanol–water partition coefficient (Wildman–Crippen LogP) is 2.43. The maximum absolute atomic E-state index is 12.0. The Morgan fingerprint density at radius 2 is 1.89 bits per heavy atom. The van der Waals surface area contributed by atoms with Gasteiger partial charge in [0, 0.05) is 15.7 Å². The molecule has 138 valence electrons. The number of halogens is 1. The van der Waals surface area contributed by atoms with Crippen LogP contribution in [-0.4, -0.2) is 31.2 Å². The van der Waals surface area contributed by atoms with Crippen molar-refractivity contribution in [2.75, 3.05) is 5.32 Å². The molecule has 0 bridgehead atoms. The van der Waals surface area contributed by atoms with Gasteiger partial charge < -0.3 is 5.32 Å². The number of carbonyl (C=O) groups is 1. The van der Waals surface area contributed by atoms with Gasteiger partial charge in [-0.05, 0) is 60.3 Å². The van der Waals surface area contributed by atoms with Crippen molar-refractivity contribution in [3.8, 4) is 11.4 Å². The highest BCUT2D eigenvalue weighted by molar-refractivity contribution is 9.10. The number of nitrogens with zero attached hydrogens (tertiary/aromatic N) is 4. The van der Waals surface area contributed by atoms with Gasteiger partial charge in [0.25, 0.3) is 5.91 Å². The van der Waals surface area contributed by atoms with Gasteiger partial charge in [-0.15, -0.1) is 10.2 Å². The molecule has 3 aromatic rings. The van der Waals surface area contributed by atoms with Gasteiger partial charge in [-0.2, -0.15) is 4.80 Å². The van der Waals surface area contributed by atoms with E-state index in [1.807, 2.05) is 55.5 Å². The third-order valence-corrected chi connectivity index (χ3v) is 4.28. The second-order valence-electron chi connectivity index (χ2n) is 5.59. The normalized spacial score (nSPS) is 10.3. The van der Waals surface area contributed by atoms with Crippen LogP contribution in [0.3, 0.4) is 0 Å². The third kappa shape index (κ3) is 5.31. The largest absolute Gasteiger partial charge is 0.331 e. The molecule has 0 aliphatic rings. The number of aromatic nitrogens is 4. The van der Waals surface area contributed by atoms with Crippen LogP contribution < -0.4 is 16.2 Å². The van der Waals surface area contributed by atoms with E-state index in [1.165, 1.54) is 4.80 Å². The smallest absolute Gasteiger partial charge is 0.262 e. The fourth-order valence-corrected chi connectivity index (χ4v) is 2.61. The maximum Gasteiger partial charge on any atom is 0.262 e. The molecule has 8 nitrogen and oxygen atoms in total. The van der Waals surface area contributed by atoms with Crippen molar-refractivity contribution in [1.29, 1.82) is 0 Å². The van der Waals surface area contributed by atoms with Gasteiger partial charge in [-0.1, -0.05) is 34.1 Å². The van der Waals surface area contributed by atoms with Crippen LogP contribution in [0.4, 0.5) is 5.69 Å². The molecule has 10 heteroatoms. The number of hydrogen-bond donors (Lipinski definition) is 3. The molecule has 3 rings (SSSR count). The molecule has 3 N–H and O–H groups in total. The first-order valence-electron chi connectivity index (χ1n) is 7.96. The molecule has 0 fully saturated rings. The summed E-state index contributed by atoms with van der Waals surface area (Å²) < 4.78 is 0.958. The molecule has 0 unspecified atom stereocenters. The Morgan fingerprint density at radius 3 is 2.63 bits per heavy atom. The molecule has 1 heterocycles. The lowest BCUT2D eigenvalue weighted by Crippen LogP contribution is -2.45. The lowest BCUT2D eigenvalue weighted by molar-refractivity contribution is -0.122. The van der Waals surface area contributed by atoms with E-state index in [1.54, 1.807) is 0 Å². The zero-order valence-electron chi connectivity index (χ0n) is 14.3. The lowest BCUT2D eigenvalue weighted by atomic mass is 10.2. The van der Waals surface area contributed by atoms with E-state index >= 15 is 0 Å². The molecule has 1 aromatic heterocycles. The number of tetrazole rings is 1. The number of anilines is 1. The molecule has 0 aliphatic carbocycles. The number of aryl methyl sites for hydroxylation is 1. The molecule has 0 spiro atoms. The van der Waals surface area contributed by atoms with Crippen LogP contribution in [0.2, 0.25) is 0 Å². The van der Waals surface area contributed by atoms with Crippen molar-refractivity contribution in [3.63, 3.8) is 0 Å². The van der Waals surface area contributed by atoms with Gasteiger partial charge in [0.05, 0.1) is 0 Å². The zero-order valence-corrected chi connectivity index (χ0v) is 16.7. The van der Waals surface area contributed by atoms with Crippen molar-refractivity contribution in [1.82, 2.24) is 31.1 Å². The quantitative estimate of drug-likeness (QED) is 0.419. The predicted molar refractivity (Wildman–Crippen MR) is 110 cm³/mol. The second kappa shape index (κ2) is 8.69. The molecular weight excluding hydrogens is 430 g/mol. The van der Waals surface area contributed by atoms with Crippen molar-refractivity contribution >= 4 is 44.9 Å². The maximum atomic E-state index is 12.0. The van der Waals surface area contributed by atoms with Crippen molar-refractivity contribution in [2.24, 2.45) is 0 Å². The van der Waals surface area contributed by atoms with Crippen LogP contribution in [0.25, 0.3) is 11.4 Å². The van der Waals surface area contributed by atoms with Crippen molar-refractivity contribution in [2.45, 2.75) is 13.5 Å². The van der Waals surface area contributed by atoms with E-state index in [0.29, 0.717) is 5.82 Å². The topological polar surface area (TPSA) is 96.8 Å². The molecule has 27 heavy (non-hydrogen) atoms. The first-order chi connectivity index (χ1) is 13.0. The van der Waals surface area contributed by atoms with Crippen LogP contribution in [0.5, 0.6) is 0 Å². The molecular formula is C17H16BrN7OS. The Bertz CT molecular complexity index is 958. The van der Waals surface area contributed by atoms with Crippen LogP contribution in [0.1, 0.15) is 5.56 Å². The number of hydrogen-bond acceptors (Lipinski definition) is 5. The minimum atomic E-state index is -0.358. The summed E-state index contributed by atoms with van der Waals surface area (Å²) in [7, 11) is 0. The standard InChI is InChI=1S/C17H16BrN7OS/c1-11-4-2-3-5-14(11)19-17(27)22-20-15(26)10-25-23-16(21-24-25)12-6-8-13(18)9-7-12/h2-9H,10H2,1H3,(H,20,26)(H2,19,22,27). The Kier molecular flexibility index (Phi) is 6.09. The van der Waals surface area contributed by atoms with Crippen molar-refractivity contribution < 1.29 is 4.79 Å². The molecule has 2 aromatic carbocycles.